The number of aryl methyl sites for hydroxylation is 1. The zero-order valence-corrected chi connectivity index (χ0v) is 25.9. The van der Waals surface area contributed by atoms with Gasteiger partial charge in [0.25, 0.3) is 5.91 Å². The first kappa shape index (κ1) is 33.0. The van der Waals surface area contributed by atoms with Crippen molar-refractivity contribution in [2.45, 2.75) is 85.0 Å². The number of alkyl carbamates (subject to hydrolysis) is 1. The maximum absolute atomic E-state index is 14.2. The van der Waals surface area contributed by atoms with E-state index < -0.39 is 29.7 Å². The fraction of sp³-hybridized carbons (Fsp3) is 0.516. The summed E-state index contributed by atoms with van der Waals surface area (Å²) in [5, 5.41) is 5.64. The number of rotatable bonds is 12. The van der Waals surface area contributed by atoms with Crippen molar-refractivity contribution in [3.8, 4) is 5.75 Å². The van der Waals surface area contributed by atoms with E-state index in [0.29, 0.717) is 29.3 Å². The molecular formula is C31H45N3O5S. The van der Waals surface area contributed by atoms with Crippen LogP contribution >= 0.6 is 12.6 Å². The van der Waals surface area contributed by atoms with Crippen molar-refractivity contribution in [3.63, 3.8) is 0 Å². The Kier molecular flexibility index (Phi) is 12.4. The summed E-state index contributed by atoms with van der Waals surface area (Å²) >= 11 is 4.38. The van der Waals surface area contributed by atoms with Gasteiger partial charge in [-0.25, -0.2) is 4.79 Å². The molecule has 3 unspecified atom stereocenters. The zero-order valence-electron chi connectivity index (χ0n) is 25.0. The molecule has 9 heteroatoms. The van der Waals surface area contributed by atoms with Crippen LogP contribution in [0.3, 0.4) is 0 Å². The molecule has 8 nitrogen and oxygen atoms in total. The van der Waals surface area contributed by atoms with Gasteiger partial charge in [-0.15, -0.1) is 0 Å². The zero-order chi connectivity index (χ0) is 30.0. The third kappa shape index (κ3) is 10.1. The highest BCUT2D eigenvalue weighted by atomic mass is 32.1. The molecule has 0 aliphatic rings. The minimum Gasteiger partial charge on any atom is -0.497 e. The summed E-state index contributed by atoms with van der Waals surface area (Å²) in [7, 11) is 1.58. The number of hydrogen-bond donors (Lipinski definition) is 3. The molecule has 0 saturated carbocycles. The number of nitrogens with one attached hydrogen (secondary N) is 2. The topological polar surface area (TPSA) is 97.0 Å². The Bertz CT molecular complexity index is 1130. The van der Waals surface area contributed by atoms with Crippen LogP contribution in [-0.4, -0.2) is 53.4 Å². The van der Waals surface area contributed by atoms with Gasteiger partial charge in [-0.05, 0) is 83.2 Å². The Balaban J connectivity index is 2.55. The van der Waals surface area contributed by atoms with Crippen molar-refractivity contribution in [1.29, 1.82) is 0 Å². The van der Waals surface area contributed by atoms with Gasteiger partial charge in [-0.2, -0.15) is 12.6 Å². The number of nitrogens with zero attached hydrogens (tertiary/aromatic N) is 1. The highest BCUT2D eigenvalue weighted by Gasteiger charge is 2.38. The molecule has 0 heterocycles. The second kappa shape index (κ2) is 15.0. The molecule has 2 aromatic rings. The van der Waals surface area contributed by atoms with Crippen molar-refractivity contribution in [2.24, 2.45) is 5.92 Å². The van der Waals surface area contributed by atoms with Crippen LogP contribution in [0.15, 0.2) is 48.5 Å². The molecule has 3 atom stereocenters. The smallest absolute Gasteiger partial charge is 0.408 e. The average molecular weight is 572 g/mol. The lowest BCUT2D eigenvalue weighted by atomic mass is 9.96. The van der Waals surface area contributed by atoms with E-state index in [9.17, 15) is 14.4 Å². The number of hydrogen-bond acceptors (Lipinski definition) is 6. The summed E-state index contributed by atoms with van der Waals surface area (Å²) in [5.74, 6) is 0.332. The van der Waals surface area contributed by atoms with E-state index in [1.807, 2.05) is 38.1 Å². The van der Waals surface area contributed by atoms with Gasteiger partial charge in [-0.1, -0.05) is 43.7 Å². The van der Waals surface area contributed by atoms with Gasteiger partial charge in [0.15, 0.2) is 0 Å². The van der Waals surface area contributed by atoms with E-state index in [1.165, 1.54) is 0 Å². The van der Waals surface area contributed by atoms with E-state index in [2.05, 4.69) is 37.1 Å². The molecule has 0 aliphatic carbocycles. The quantitative estimate of drug-likeness (QED) is 0.265. The minimum atomic E-state index is -0.999. The molecule has 220 valence electrons. The van der Waals surface area contributed by atoms with Crippen LogP contribution in [-0.2, 0) is 14.3 Å². The molecule has 3 amide bonds. The van der Waals surface area contributed by atoms with Crippen molar-refractivity contribution in [3.05, 3.63) is 59.7 Å². The van der Waals surface area contributed by atoms with Gasteiger partial charge >= 0.3 is 6.09 Å². The number of anilines is 1. The van der Waals surface area contributed by atoms with Crippen molar-refractivity contribution in [1.82, 2.24) is 10.2 Å². The first-order chi connectivity index (χ1) is 18.7. The third-order valence-corrected chi connectivity index (χ3v) is 6.67. The Hall–Kier alpha value is -3.20. The maximum Gasteiger partial charge on any atom is 0.408 e. The van der Waals surface area contributed by atoms with Gasteiger partial charge in [0, 0.05) is 17.5 Å². The van der Waals surface area contributed by atoms with Gasteiger partial charge in [-0.3, -0.25) is 9.59 Å². The van der Waals surface area contributed by atoms with Crippen LogP contribution in [0.4, 0.5) is 10.5 Å². The summed E-state index contributed by atoms with van der Waals surface area (Å²) < 4.78 is 10.6. The van der Waals surface area contributed by atoms with Gasteiger partial charge in [0.05, 0.1) is 7.11 Å². The number of ether oxygens (including phenoxy) is 2. The number of benzene rings is 2. The Morgan fingerprint density at radius 2 is 1.65 bits per heavy atom. The summed E-state index contributed by atoms with van der Waals surface area (Å²) in [6.45, 7) is 13.4. The minimum absolute atomic E-state index is 0.0338. The van der Waals surface area contributed by atoms with Crippen LogP contribution in [0.2, 0.25) is 0 Å². The molecule has 40 heavy (non-hydrogen) atoms. The highest BCUT2D eigenvalue weighted by molar-refractivity contribution is 7.80. The van der Waals surface area contributed by atoms with Crippen molar-refractivity contribution in [2.75, 3.05) is 18.2 Å². The lowest BCUT2D eigenvalue weighted by molar-refractivity contribution is -0.143. The predicted octanol–water partition coefficient (Wildman–Crippen LogP) is 6.16. The summed E-state index contributed by atoms with van der Waals surface area (Å²) in [6, 6.07) is 12.3. The Morgan fingerprint density at radius 1 is 1.00 bits per heavy atom. The van der Waals surface area contributed by atoms with E-state index in [-0.39, 0.29) is 17.7 Å². The van der Waals surface area contributed by atoms with E-state index in [4.69, 9.17) is 9.47 Å². The Labute approximate surface area is 244 Å². The first-order valence-corrected chi connectivity index (χ1v) is 14.3. The SMILES string of the molecule is COc1ccc(NC(=O)C(c2cccc(C)c2)N(C(=O)C(CS)NC(=O)OC(C)(C)C)C(C)CCC(C)C)cc1. The lowest BCUT2D eigenvalue weighted by Crippen LogP contribution is -2.55. The van der Waals surface area contributed by atoms with Crippen LogP contribution in [0.5, 0.6) is 5.75 Å². The second-order valence-electron chi connectivity index (χ2n) is 11.5. The molecule has 2 N–H and O–H groups in total. The first-order valence-electron chi connectivity index (χ1n) is 13.7. The predicted molar refractivity (Wildman–Crippen MR) is 163 cm³/mol. The van der Waals surface area contributed by atoms with E-state index in [1.54, 1.807) is 57.0 Å². The molecular weight excluding hydrogens is 526 g/mol. The normalized spacial score (nSPS) is 13.7. The molecule has 2 rings (SSSR count). The number of thiol groups is 1. The molecule has 2 aromatic carbocycles. The van der Waals surface area contributed by atoms with E-state index >= 15 is 0 Å². The molecule has 0 aliphatic heterocycles. The Morgan fingerprint density at radius 3 is 2.17 bits per heavy atom. The fourth-order valence-corrected chi connectivity index (χ4v) is 4.54. The van der Waals surface area contributed by atoms with E-state index in [0.717, 1.165) is 12.0 Å². The fourth-order valence-electron chi connectivity index (χ4n) is 4.29. The van der Waals surface area contributed by atoms with Crippen LogP contribution in [0, 0.1) is 12.8 Å². The van der Waals surface area contributed by atoms with Crippen LogP contribution < -0.4 is 15.4 Å². The van der Waals surface area contributed by atoms with Crippen molar-refractivity contribution < 1.29 is 23.9 Å². The second-order valence-corrected chi connectivity index (χ2v) is 11.8. The molecule has 0 spiro atoms. The number of carbonyl (C=O) groups is 3. The molecule has 0 saturated heterocycles. The summed E-state index contributed by atoms with van der Waals surface area (Å²) in [4.78, 5) is 42.4. The lowest BCUT2D eigenvalue weighted by Gasteiger charge is -2.38. The summed E-state index contributed by atoms with van der Waals surface area (Å²) in [5.41, 5.74) is 1.47. The number of carbonyl (C=O) groups excluding carboxylic acids is 3. The molecule has 0 bridgehead atoms. The standard InChI is InChI=1S/C31H45N3O5S/c1-20(2)12-13-22(4)34(29(36)26(19-40)33-30(37)39-31(5,6)7)27(23-11-9-10-21(3)18-23)28(35)32-24-14-16-25(38-8)17-15-24/h9-11,14-18,20,22,26-27,40H,12-13,19H2,1-8H3,(H,32,35)(H,33,37). The van der Waals surface area contributed by atoms with Crippen molar-refractivity contribution >= 4 is 36.2 Å². The monoisotopic (exact) mass is 571 g/mol. The maximum atomic E-state index is 14.2. The molecule has 0 fully saturated rings. The average Bonchev–Trinajstić information content (AvgIpc) is 2.87. The molecule has 0 aromatic heterocycles. The number of methoxy groups -OCH3 is 1. The van der Waals surface area contributed by atoms with Gasteiger partial charge in [0.1, 0.15) is 23.4 Å². The van der Waals surface area contributed by atoms with Crippen LogP contribution in [0.1, 0.15) is 71.6 Å². The van der Waals surface area contributed by atoms with Gasteiger partial charge in [0.2, 0.25) is 5.91 Å². The highest BCUT2D eigenvalue weighted by Crippen LogP contribution is 2.29. The van der Waals surface area contributed by atoms with Crippen LogP contribution in [0.25, 0.3) is 0 Å². The molecule has 0 radical (unpaired) electrons. The third-order valence-electron chi connectivity index (χ3n) is 6.30. The largest absolute Gasteiger partial charge is 0.497 e. The summed E-state index contributed by atoms with van der Waals surface area (Å²) in [6.07, 6.45) is 0.814. The van der Waals surface area contributed by atoms with Gasteiger partial charge < -0.3 is 25.0 Å². The number of amides is 3.